The van der Waals surface area contributed by atoms with Gasteiger partial charge in [-0.3, -0.25) is 0 Å². The van der Waals surface area contributed by atoms with Crippen molar-refractivity contribution in [3.63, 3.8) is 0 Å². The Bertz CT molecular complexity index is 397. The number of halogens is 6. The zero-order valence-corrected chi connectivity index (χ0v) is 17.4. The summed E-state index contributed by atoms with van der Waals surface area (Å²) in [7, 11) is -9.51. The van der Waals surface area contributed by atoms with Crippen molar-refractivity contribution in [2.75, 3.05) is 0 Å². The van der Waals surface area contributed by atoms with E-state index in [1.807, 2.05) is 60.7 Å². The monoisotopic (exact) mass is 452 g/mol. The average Bonchev–Trinajstić information content (AvgIpc) is 3.03. The Labute approximate surface area is 158 Å². The third-order valence-corrected chi connectivity index (χ3v) is 3.11. The molecule has 0 atom stereocenters. The van der Waals surface area contributed by atoms with E-state index in [1.54, 1.807) is 0 Å². The van der Waals surface area contributed by atoms with Gasteiger partial charge in [0.15, 0.2) is 0 Å². The summed E-state index contributed by atoms with van der Waals surface area (Å²) in [6.07, 6.45) is 0. The van der Waals surface area contributed by atoms with Crippen LogP contribution in [0.5, 0.6) is 0 Å². The molecule has 2 aromatic rings. The maximum atomic E-state index is 9.87. The van der Waals surface area contributed by atoms with E-state index in [2.05, 4.69) is 27.7 Å². The molecule has 0 N–H and O–H groups in total. The molecule has 0 aliphatic heterocycles. The van der Waals surface area contributed by atoms with E-state index in [0.717, 1.165) is 19.9 Å². The first-order valence-electron chi connectivity index (χ1n) is 7.23. The summed E-state index contributed by atoms with van der Waals surface area (Å²) in [5.74, 6) is 0. The largest absolute Gasteiger partial charge is 2.00 e. The van der Waals surface area contributed by atoms with Gasteiger partial charge in [-0.1, -0.05) is 27.7 Å². The molecule has 0 fully saturated rings. The summed E-state index contributed by atoms with van der Waals surface area (Å²) < 4.78 is 59.2. The van der Waals surface area contributed by atoms with Crippen LogP contribution in [0.4, 0.5) is 25.2 Å². The van der Waals surface area contributed by atoms with Crippen LogP contribution in [0, 0.1) is 0 Å². The minimum absolute atomic E-state index is 0. The molecular formula is C16H25CoF6P2-. The minimum Gasteiger partial charge on any atom is -0.214 e. The molecule has 0 saturated carbocycles. The van der Waals surface area contributed by atoms with Gasteiger partial charge in [-0.05, 0) is 11.3 Å². The van der Waals surface area contributed by atoms with E-state index in [4.69, 9.17) is 0 Å². The summed E-state index contributed by atoms with van der Waals surface area (Å²) in [5, 5.41) is 0. The van der Waals surface area contributed by atoms with E-state index >= 15 is 0 Å². The maximum Gasteiger partial charge on any atom is 2.00 e. The fraction of sp³-hybridized carbons (Fsp3) is 0.375. The molecule has 0 saturated heterocycles. The summed E-state index contributed by atoms with van der Waals surface area (Å²) in [4.78, 5) is 0. The van der Waals surface area contributed by atoms with Crippen LogP contribution >= 0.6 is 16.4 Å². The van der Waals surface area contributed by atoms with Gasteiger partial charge < -0.3 is 0 Å². The van der Waals surface area contributed by atoms with Crippen LogP contribution in [-0.4, -0.2) is 11.3 Å². The smallest absolute Gasteiger partial charge is 0.214 e. The molecule has 1 radical (unpaired) electrons. The Hall–Kier alpha value is -0.354. The molecule has 0 unspecified atom stereocenters. The van der Waals surface area contributed by atoms with Gasteiger partial charge in [0.25, 0.3) is 0 Å². The van der Waals surface area contributed by atoms with Crippen LogP contribution in [-0.2, 0) is 16.8 Å². The van der Waals surface area contributed by atoms with Crippen LogP contribution in [0.3, 0.4) is 0 Å². The van der Waals surface area contributed by atoms with Gasteiger partial charge in [-0.15, -0.1) is 8.58 Å². The van der Waals surface area contributed by atoms with Crippen LogP contribution < -0.4 is 0 Å². The van der Waals surface area contributed by atoms with Crippen molar-refractivity contribution in [2.24, 2.45) is 0 Å². The van der Waals surface area contributed by atoms with Crippen molar-refractivity contribution < 1.29 is 42.0 Å². The molecule has 0 amide bonds. The molecule has 0 heterocycles. The van der Waals surface area contributed by atoms with Crippen molar-refractivity contribution >= 4 is 16.4 Å². The Morgan fingerprint density at radius 3 is 0.880 bits per heavy atom. The standard InChI is InChI=1S/C6H15P.2C5H5.Co.F6P/c1-5(2)7-6(3)4;2*1-2-4-5-3-1;;1-7(2,3,4,5)6/h5-7H,1-4H3;2*1-5H;;/q;2*-1;+2;-1. The quantitative estimate of drug-likeness (QED) is 0.243. The van der Waals surface area contributed by atoms with Gasteiger partial charge >= 0.3 is 49.8 Å². The van der Waals surface area contributed by atoms with Gasteiger partial charge in [-0.25, -0.2) is 24.3 Å². The van der Waals surface area contributed by atoms with Gasteiger partial charge in [0, 0.05) is 0 Å². The predicted molar refractivity (Wildman–Crippen MR) is 96.2 cm³/mol. The third-order valence-electron chi connectivity index (χ3n) is 1.78. The number of rotatable bonds is 2. The average molecular weight is 452 g/mol. The molecule has 0 aliphatic rings. The number of hydrogen-bond donors (Lipinski definition) is 0. The molecule has 0 aromatic heterocycles. The van der Waals surface area contributed by atoms with Crippen molar-refractivity contribution in [1.82, 2.24) is 0 Å². The van der Waals surface area contributed by atoms with Gasteiger partial charge in [-0.2, -0.15) is 36.4 Å². The van der Waals surface area contributed by atoms with Crippen LogP contribution in [0.2, 0.25) is 0 Å². The zero-order valence-electron chi connectivity index (χ0n) is 14.5. The Morgan fingerprint density at radius 2 is 0.840 bits per heavy atom. The summed E-state index contributed by atoms with van der Waals surface area (Å²) >= 11 is 0. The second-order valence-electron chi connectivity index (χ2n) is 5.36. The second kappa shape index (κ2) is 12.1. The SMILES string of the molecule is CC(C)PC(C)C.F[P-](F)(F)(F)(F)F.[Co+2].c1cc[cH-]c1.c1cc[cH-]c1. The Morgan fingerprint density at radius 1 is 0.640 bits per heavy atom. The first-order chi connectivity index (χ1) is 10.6. The molecule has 25 heavy (non-hydrogen) atoms. The fourth-order valence-electron chi connectivity index (χ4n) is 1.31. The third kappa shape index (κ3) is 59.5. The van der Waals surface area contributed by atoms with E-state index in [-0.39, 0.29) is 16.8 Å². The van der Waals surface area contributed by atoms with Crippen LogP contribution in [0.15, 0.2) is 60.7 Å². The van der Waals surface area contributed by atoms with E-state index in [1.165, 1.54) is 0 Å². The molecule has 2 aromatic carbocycles. The molecule has 0 bridgehead atoms. The summed E-state index contributed by atoms with van der Waals surface area (Å²) in [6, 6.07) is 20.0. The molecule has 9 heteroatoms. The molecule has 2 rings (SSSR count). The molecule has 0 nitrogen and oxygen atoms in total. The summed E-state index contributed by atoms with van der Waals surface area (Å²) in [5.41, 5.74) is 1.81. The fourth-order valence-corrected chi connectivity index (χ4v) is 2.64. The number of hydrogen-bond acceptors (Lipinski definition) is 0. The Kier molecular flexibility index (Phi) is 14.2. The summed E-state index contributed by atoms with van der Waals surface area (Å²) in [6.45, 7) is 9.10. The minimum atomic E-state index is -10.7. The van der Waals surface area contributed by atoms with E-state index in [0.29, 0.717) is 0 Å². The normalized spacial score (nSPS) is 12.8. The Balaban J connectivity index is -0.000000257. The van der Waals surface area contributed by atoms with Crippen LogP contribution in [0.1, 0.15) is 27.7 Å². The van der Waals surface area contributed by atoms with Crippen molar-refractivity contribution in [1.29, 1.82) is 0 Å². The second-order valence-corrected chi connectivity index (χ2v) is 9.92. The molecule has 151 valence electrons. The van der Waals surface area contributed by atoms with Crippen LogP contribution in [0.25, 0.3) is 0 Å². The predicted octanol–water partition coefficient (Wildman–Crippen LogP) is 8.67. The van der Waals surface area contributed by atoms with E-state index < -0.39 is 7.81 Å². The van der Waals surface area contributed by atoms with Crippen molar-refractivity contribution in [3.05, 3.63) is 60.7 Å². The molecule has 0 aliphatic carbocycles. The maximum absolute atomic E-state index is 10.7. The molecule has 0 spiro atoms. The zero-order chi connectivity index (χ0) is 19.3. The van der Waals surface area contributed by atoms with Crippen molar-refractivity contribution in [3.8, 4) is 0 Å². The van der Waals surface area contributed by atoms with Crippen molar-refractivity contribution in [2.45, 2.75) is 39.0 Å². The van der Waals surface area contributed by atoms with Gasteiger partial charge in [0.05, 0.1) is 0 Å². The molecular weight excluding hydrogens is 427 g/mol. The first kappa shape index (κ1) is 29.4. The topological polar surface area (TPSA) is 0 Å². The van der Waals surface area contributed by atoms with Gasteiger partial charge in [0.2, 0.25) is 0 Å². The van der Waals surface area contributed by atoms with E-state index in [9.17, 15) is 25.2 Å². The first-order valence-corrected chi connectivity index (χ1v) is 10.4. The van der Waals surface area contributed by atoms with Gasteiger partial charge in [0.1, 0.15) is 0 Å².